The molecule has 0 unspecified atom stereocenters. The Balaban J connectivity index is 1.71. The van der Waals surface area contributed by atoms with Gasteiger partial charge in [-0.05, 0) is 42.8 Å². The number of hydrogen-bond donors (Lipinski definition) is 2. The van der Waals surface area contributed by atoms with Gasteiger partial charge < -0.3 is 5.32 Å². The SMILES string of the molecule is CS(=O)(=O)NCCc1ccc(C(=O)NCCSc2ccc(Cl)cc2)s1. The van der Waals surface area contributed by atoms with Crippen molar-refractivity contribution in [2.75, 3.05) is 25.1 Å². The molecule has 2 rings (SSSR count). The number of nitrogens with one attached hydrogen (secondary N) is 2. The van der Waals surface area contributed by atoms with Gasteiger partial charge in [0, 0.05) is 33.6 Å². The fourth-order valence-corrected chi connectivity index (χ4v) is 4.24. The minimum atomic E-state index is -3.18. The zero-order valence-corrected chi connectivity index (χ0v) is 16.8. The van der Waals surface area contributed by atoms with Crippen molar-refractivity contribution in [2.45, 2.75) is 11.3 Å². The van der Waals surface area contributed by atoms with Gasteiger partial charge in [-0.15, -0.1) is 23.1 Å². The number of sulfonamides is 1. The molecular weight excluding hydrogens is 400 g/mol. The maximum Gasteiger partial charge on any atom is 0.261 e. The number of hydrogen-bond acceptors (Lipinski definition) is 5. The molecule has 0 atom stereocenters. The second-order valence-electron chi connectivity index (χ2n) is 5.24. The van der Waals surface area contributed by atoms with Crippen molar-refractivity contribution >= 4 is 50.6 Å². The minimum absolute atomic E-state index is 0.107. The average molecular weight is 419 g/mol. The summed E-state index contributed by atoms with van der Waals surface area (Å²) in [5, 5.41) is 3.59. The first kappa shape index (κ1) is 20.3. The number of halogens is 1. The molecule has 1 heterocycles. The molecule has 1 aromatic carbocycles. The second kappa shape index (κ2) is 9.59. The molecule has 9 heteroatoms. The molecule has 1 aromatic heterocycles. The van der Waals surface area contributed by atoms with Crippen LogP contribution < -0.4 is 10.0 Å². The number of amides is 1. The molecule has 0 fully saturated rings. The molecule has 25 heavy (non-hydrogen) atoms. The summed E-state index contributed by atoms with van der Waals surface area (Å²) >= 11 is 8.87. The molecule has 0 saturated carbocycles. The molecule has 0 aliphatic rings. The maximum atomic E-state index is 12.1. The van der Waals surface area contributed by atoms with Gasteiger partial charge in [-0.1, -0.05) is 11.6 Å². The normalized spacial score (nSPS) is 11.4. The van der Waals surface area contributed by atoms with Gasteiger partial charge in [-0.25, -0.2) is 13.1 Å². The monoisotopic (exact) mass is 418 g/mol. The summed E-state index contributed by atoms with van der Waals surface area (Å²) in [4.78, 5) is 14.8. The summed E-state index contributed by atoms with van der Waals surface area (Å²) in [6.45, 7) is 0.896. The molecule has 0 saturated heterocycles. The molecule has 2 N–H and O–H groups in total. The summed E-state index contributed by atoms with van der Waals surface area (Å²) in [7, 11) is -3.18. The molecule has 0 radical (unpaired) electrons. The zero-order valence-electron chi connectivity index (χ0n) is 13.6. The average Bonchev–Trinajstić information content (AvgIpc) is 3.01. The van der Waals surface area contributed by atoms with Crippen LogP contribution in [0.25, 0.3) is 0 Å². The first-order valence-corrected chi connectivity index (χ1v) is 11.6. The second-order valence-corrected chi connectivity index (χ2v) is 9.85. The highest BCUT2D eigenvalue weighted by molar-refractivity contribution is 7.99. The predicted molar refractivity (Wildman–Crippen MR) is 105 cm³/mol. The fraction of sp³-hybridized carbons (Fsp3) is 0.312. The van der Waals surface area contributed by atoms with E-state index in [-0.39, 0.29) is 5.91 Å². The van der Waals surface area contributed by atoms with Crippen molar-refractivity contribution in [3.8, 4) is 0 Å². The third-order valence-electron chi connectivity index (χ3n) is 3.09. The number of carbonyl (C=O) groups excluding carboxylic acids is 1. The van der Waals surface area contributed by atoms with Crippen LogP contribution in [0, 0.1) is 0 Å². The molecule has 0 aliphatic heterocycles. The van der Waals surface area contributed by atoms with Crippen molar-refractivity contribution in [3.05, 3.63) is 51.2 Å². The molecular formula is C16H19ClN2O3S3. The Morgan fingerprint density at radius 1 is 1.16 bits per heavy atom. The smallest absolute Gasteiger partial charge is 0.261 e. The Morgan fingerprint density at radius 2 is 1.88 bits per heavy atom. The van der Waals surface area contributed by atoms with Gasteiger partial charge in [0.1, 0.15) is 0 Å². The number of rotatable bonds is 9. The molecule has 5 nitrogen and oxygen atoms in total. The van der Waals surface area contributed by atoms with Crippen LogP contribution >= 0.6 is 34.7 Å². The van der Waals surface area contributed by atoms with Crippen molar-refractivity contribution in [1.82, 2.24) is 10.0 Å². The Morgan fingerprint density at radius 3 is 2.56 bits per heavy atom. The molecule has 0 aliphatic carbocycles. The molecule has 2 aromatic rings. The van der Waals surface area contributed by atoms with E-state index >= 15 is 0 Å². The molecule has 0 bridgehead atoms. The third kappa shape index (κ3) is 7.79. The van der Waals surface area contributed by atoms with E-state index < -0.39 is 10.0 Å². The van der Waals surface area contributed by atoms with Gasteiger partial charge in [0.2, 0.25) is 10.0 Å². The highest BCUT2D eigenvalue weighted by atomic mass is 35.5. The lowest BCUT2D eigenvalue weighted by Gasteiger charge is -2.04. The van der Waals surface area contributed by atoms with Crippen LogP contribution in [0.3, 0.4) is 0 Å². The number of thioether (sulfide) groups is 1. The maximum absolute atomic E-state index is 12.1. The Hall–Kier alpha value is -1.06. The van der Waals surface area contributed by atoms with Crippen LogP contribution in [0.1, 0.15) is 14.5 Å². The van der Waals surface area contributed by atoms with Crippen molar-refractivity contribution in [2.24, 2.45) is 0 Å². The summed E-state index contributed by atoms with van der Waals surface area (Å²) in [5.41, 5.74) is 0. The van der Waals surface area contributed by atoms with Gasteiger partial charge in [-0.3, -0.25) is 4.79 Å². The topological polar surface area (TPSA) is 75.3 Å². The highest BCUT2D eigenvalue weighted by Gasteiger charge is 2.09. The van der Waals surface area contributed by atoms with Crippen molar-refractivity contribution in [1.29, 1.82) is 0 Å². The summed E-state index contributed by atoms with van der Waals surface area (Å²) in [6.07, 6.45) is 1.69. The largest absolute Gasteiger partial charge is 0.350 e. The van der Waals surface area contributed by atoms with Crippen LogP contribution in [-0.4, -0.2) is 39.4 Å². The van der Waals surface area contributed by atoms with Crippen molar-refractivity contribution < 1.29 is 13.2 Å². The van der Waals surface area contributed by atoms with Crippen LogP contribution in [0.5, 0.6) is 0 Å². The van der Waals surface area contributed by atoms with Gasteiger partial charge in [-0.2, -0.15) is 0 Å². The lowest BCUT2D eigenvalue weighted by Crippen LogP contribution is -2.25. The molecule has 136 valence electrons. The van der Waals surface area contributed by atoms with Gasteiger partial charge in [0.05, 0.1) is 11.1 Å². The van der Waals surface area contributed by atoms with E-state index in [1.165, 1.54) is 11.3 Å². The van der Waals surface area contributed by atoms with E-state index in [1.807, 2.05) is 30.3 Å². The third-order valence-corrected chi connectivity index (χ3v) is 6.23. The van der Waals surface area contributed by atoms with Gasteiger partial charge >= 0.3 is 0 Å². The fourth-order valence-electron chi connectivity index (χ4n) is 1.95. The molecule has 0 spiro atoms. The summed E-state index contributed by atoms with van der Waals surface area (Å²) in [5.74, 6) is 0.660. The Kier molecular flexibility index (Phi) is 7.77. The zero-order chi connectivity index (χ0) is 18.3. The highest BCUT2D eigenvalue weighted by Crippen LogP contribution is 2.20. The van der Waals surface area contributed by atoms with Crippen molar-refractivity contribution in [3.63, 3.8) is 0 Å². The Labute approximate surface area is 161 Å². The Bertz CT molecular complexity index is 804. The van der Waals surface area contributed by atoms with E-state index in [2.05, 4.69) is 10.0 Å². The van der Waals surface area contributed by atoms with E-state index in [4.69, 9.17) is 11.6 Å². The number of benzene rings is 1. The van der Waals surface area contributed by atoms with Crippen LogP contribution in [0.2, 0.25) is 5.02 Å². The summed E-state index contributed by atoms with van der Waals surface area (Å²) in [6, 6.07) is 11.2. The standard InChI is InChI=1S/C16H19ClN2O3S3/c1-25(21,22)19-9-8-14-6-7-15(24-14)16(20)18-10-11-23-13-4-2-12(17)3-5-13/h2-7,19H,8-11H2,1H3,(H,18,20). The lowest BCUT2D eigenvalue weighted by molar-refractivity contribution is 0.0960. The first-order chi connectivity index (χ1) is 11.8. The minimum Gasteiger partial charge on any atom is -0.350 e. The van der Waals surface area contributed by atoms with Gasteiger partial charge in [0.15, 0.2) is 0 Å². The van der Waals surface area contributed by atoms with E-state index in [0.717, 1.165) is 21.8 Å². The van der Waals surface area contributed by atoms with Crippen LogP contribution in [0.4, 0.5) is 0 Å². The quantitative estimate of drug-likeness (QED) is 0.485. The van der Waals surface area contributed by atoms with E-state index in [0.29, 0.717) is 29.4 Å². The van der Waals surface area contributed by atoms with E-state index in [1.54, 1.807) is 17.8 Å². The number of thiophene rings is 1. The first-order valence-electron chi connectivity index (χ1n) is 7.53. The molecule has 1 amide bonds. The summed E-state index contributed by atoms with van der Waals surface area (Å²) < 4.78 is 24.5. The predicted octanol–water partition coefficient (Wildman–Crippen LogP) is 3.02. The van der Waals surface area contributed by atoms with E-state index in [9.17, 15) is 13.2 Å². The van der Waals surface area contributed by atoms with Crippen LogP contribution in [0.15, 0.2) is 41.3 Å². The van der Waals surface area contributed by atoms with Crippen LogP contribution in [-0.2, 0) is 16.4 Å². The number of carbonyl (C=O) groups is 1. The van der Waals surface area contributed by atoms with Gasteiger partial charge in [0.25, 0.3) is 5.91 Å². The lowest BCUT2D eigenvalue weighted by atomic mass is 10.3.